The average molecular weight is 184 g/mol. The summed E-state index contributed by atoms with van der Waals surface area (Å²) in [4.78, 5) is 11.4. The van der Waals surface area contributed by atoms with Crippen LogP contribution >= 0.6 is 0 Å². The molecule has 13 heavy (non-hydrogen) atoms. The number of hydrogen-bond donors (Lipinski definition) is 3. The number of nitrogens with two attached hydrogens (primary N) is 1. The zero-order valence-corrected chi connectivity index (χ0v) is 7.57. The Morgan fingerprint density at radius 2 is 2.08 bits per heavy atom. The maximum Gasteiger partial charge on any atom is 0.237 e. The second kappa shape index (κ2) is 3.27. The molecule has 0 aromatic heterocycles. The zero-order valence-electron chi connectivity index (χ0n) is 7.57. The minimum atomic E-state index is -0.322. The number of amides is 1. The van der Waals surface area contributed by atoms with Gasteiger partial charge in [0.25, 0.3) is 0 Å². The van der Waals surface area contributed by atoms with Crippen LogP contribution < -0.4 is 11.1 Å². The van der Waals surface area contributed by atoms with Gasteiger partial charge in [-0.15, -0.1) is 0 Å². The summed E-state index contributed by atoms with van der Waals surface area (Å²) >= 11 is 0. The van der Waals surface area contributed by atoms with Gasteiger partial charge in [0.05, 0.1) is 12.1 Å². The molecule has 1 unspecified atom stereocenters. The summed E-state index contributed by atoms with van der Waals surface area (Å²) in [5, 5.41) is 11.9. The van der Waals surface area contributed by atoms with Gasteiger partial charge in [-0.1, -0.05) is 0 Å². The Bertz CT molecular complexity index is 210. The molecular formula is C9H16N2O2. The molecule has 2 rings (SSSR count). The molecule has 4 heteroatoms. The molecule has 2 aliphatic rings. The number of hydrogen-bond acceptors (Lipinski definition) is 3. The third kappa shape index (κ3) is 2.00. The Balaban J connectivity index is 1.71. The summed E-state index contributed by atoms with van der Waals surface area (Å²) in [7, 11) is 0. The van der Waals surface area contributed by atoms with E-state index in [0.29, 0.717) is 18.8 Å². The highest BCUT2D eigenvalue weighted by Crippen LogP contribution is 2.31. The maximum absolute atomic E-state index is 11.4. The predicted octanol–water partition coefficient (Wildman–Crippen LogP) is -0.637. The standard InChI is InChI=1S/C9H16N2O2/c10-8(5-1-2-5)9(13)11-6-3-7(12)4-6/h5-8,12H,1-4,10H2,(H,11,13). The Morgan fingerprint density at radius 3 is 2.54 bits per heavy atom. The highest BCUT2D eigenvalue weighted by molar-refractivity contribution is 5.82. The molecule has 74 valence electrons. The van der Waals surface area contributed by atoms with Crippen LogP contribution in [0.25, 0.3) is 0 Å². The van der Waals surface area contributed by atoms with Gasteiger partial charge < -0.3 is 16.2 Å². The minimum Gasteiger partial charge on any atom is -0.393 e. The van der Waals surface area contributed by atoms with Crippen LogP contribution in [0.5, 0.6) is 0 Å². The molecule has 0 spiro atoms. The summed E-state index contributed by atoms with van der Waals surface area (Å²) in [6.07, 6.45) is 3.32. The van der Waals surface area contributed by atoms with E-state index in [4.69, 9.17) is 10.8 Å². The number of aliphatic hydroxyl groups is 1. The zero-order chi connectivity index (χ0) is 9.42. The van der Waals surface area contributed by atoms with Gasteiger partial charge in [-0.25, -0.2) is 0 Å². The van der Waals surface area contributed by atoms with E-state index in [0.717, 1.165) is 12.8 Å². The molecular weight excluding hydrogens is 168 g/mol. The molecule has 2 saturated carbocycles. The monoisotopic (exact) mass is 184 g/mol. The van der Waals surface area contributed by atoms with Gasteiger partial charge in [-0.2, -0.15) is 0 Å². The van der Waals surface area contributed by atoms with Crippen LogP contribution in [0.3, 0.4) is 0 Å². The van der Waals surface area contributed by atoms with Gasteiger partial charge in [-0.3, -0.25) is 4.79 Å². The lowest BCUT2D eigenvalue weighted by molar-refractivity contribution is -0.124. The van der Waals surface area contributed by atoms with E-state index in [-0.39, 0.29) is 24.1 Å². The van der Waals surface area contributed by atoms with Crippen LogP contribution in [-0.4, -0.2) is 29.2 Å². The van der Waals surface area contributed by atoms with Crippen molar-refractivity contribution in [3.63, 3.8) is 0 Å². The third-order valence-corrected chi connectivity index (χ3v) is 2.89. The van der Waals surface area contributed by atoms with Crippen LogP contribution in [0.15, 0.2) is 0 Å². The van der Waals surface area contributed by atoms with Crippen molar-refractivity contribution < 1.29 is 9.90 Å². The smallest absolute Gasteiger partial charge is 0.237 e. The van der Waals surface area contributed by atoms with Gasteiger partial charge in [-0.05, 0) is 31.6 Å². The van der Waals surface area contributed by atoms with Gasteiger partial charge in [0.15, 0.2) is 0 Å². The molecule has 1 amide bonds. The lowest BCUT2D eigenvalue weighted by Gasteiger charge is -2.32. The summed E-state index contributed by atoms with van der Waals surface area (Å²) in [5.74, 6) is 0.365. The number of nitrogens with one attached hydrogen (secondary N) is 1. The van der Waals surface area contributed by atoms with Gasteiger partial charge in [0.2, 0.25) is 5.91 Å². The van der Waals surface area contributed by atoms with Crippen LogP contribution in [-0.2, 0) is 4.79 Å². The van der Waals surface area contributed by atoms with Gasteiger partial charge >= 0.3 is 0 Å². The van der Waals surface area contributed by atoms with Gasteiger partial charge in [0, 0.05) is 6.04 Å². The first kappa shape index (κ1) is 8.97. The minimum absolute atomic E-state index is 0.0422. The molecule has 0 bridgehead atoms. The predicted molar refractivity (Wildman–Crippen MR) is 47.9 cm³/mol. The number of carbonyl (C=O) groups excluding carboxylic acids is 1. The highest BCUT2D eigenvalue weighted by Gasteiger charge is 2.36. The van der Waals surface area contributed by atoms with E-state index in [1.54, 1.807) is 0 Å². The molecule has 0 aromatic rings. The van der Waals surface area contributed by atoms with E-state index in [2.05, 4.69) is 5.32 Å². The number of rotatable bonds is 3. The Kier molecular flexibility index (Phi) is 2.26. The quantitative estimate of drug-likeness (QED) is 0.546. The second-order valence-corrected chi connectivity index (χ2v) is 4.19. The lowest BCUT2D eigenvalue weighted by Crippen LogP contribution is -2.52. The SMILES string of the molecule is NC(C(=O)NC1CC(O)C1)C1CC1. The maximum atomic E-state index is 11.4. The molecule has 0 heterocycles. The van der Waals surface area contributed by atoms with Crippen LogP contribution in [0.4, 0.5) is 0 Å². The molecule has 0 aromatic carbocycles. The van der Waals surface area contributed by atoms with Crippen molar-refractivity contribution in [1.29, 1.82) is 0 Å². The fourth-order valence-corrected chi connectivity index (χ4v) is 1.67. The van der Waals surface area contributed by atoms with Crippen LogP contribution in [0, 0.1) is 5.92 Å². The lowest BCUT2D eigenvalue weighted by atomic mass is 9.89. The van der Waals surface area contributed by atoms with Crippen molar-refractivity contribution >= 4 is 5.91 Å². The molecule has 1 atom stereocenters. The van der Waals surface area contributed by atoms with Crippen molar-refractivity contribution in [2.24, 2.45) is 11.7 Å². The molecule has 2 fully saturated rings. The van der Waals surface area contributed by atoms with Crippen molar-refractivity contribution in [3.8, 4) is 0 Å². The van der Waals surface area contributed by atoms with Crippen molar-refractivity contribution in [3.05, 3.63) is 0 Å². The molecule has 0 aliphatic heterocycles. The highest BCUT2D eigenvalue weighted by atomic mass is 16.3. The fraction of sp³-hybridized carbons (Fsp3) is 0.889. The number of carbonyl (C=O) groups is 1. The van der Waals surface area contributed by atoms with Crippen molar-refractivity contribution in [1.82, 2.24) is 5.32 Å². The Hall–Kier alpha value is -0.610. The largest absolute Gasteiger partial charge is 0.393 e. The van der Waals surface area contributed by atoms with Crippen molar-refractivity contribution in [2.45, 2.75) is 43.9 Å². The first-order chi connectivity index (χ1) is 6.16. The Morgan fingerprint density at radius 1 is 1.46 bits per heavy atom. The molecule has 0 saturated heterocycles. The van der Waals surface area contributed by atoms with E-state index in [1.807, 2.05) is 0 Å². The van der Waals surface area contributed by atoms with E-state index in [1.165, 1.54) is 0 Å². The molecule has 0 radical (unpaired) electrons. The van der Waals surface area contributed by atoms with Crippen LogP contribution in [0.1, 0.15) is 25.7 Å². The first-order valence-electron chi connectivity index (χ1n) is 4.91. The summed E-state index contributed by atoms with van der Waals surface area (Å²) < 4.78 is 0. The molecule has 4 N–H and O–H groups in total. The van der Waals surface area contributed by atoms with E-state index in [9.17, 15) is 4.79 Å². The first-order valence-corrected chi connectivity index (χ1v) is 4.91. The topological polar surface area (TPSA) is 75.4 Å². The van der Waals surface area contributed by atoms with Crippen molar-refractivity contribution in [2.75, 3.05) is 0 Å². The normalized spacial score (nSPS) is 34.9. The molecule has 2 aliphatic carbocycles. The second-order valence-electron chi connectivity index (χ2n) is 4.19. The van der Waals surface area contributed by atoms with Gasteiger partial charge in [0.1, 0.15) is 0 Å². The summed E-state index contributed by atoms with van der Waals surface area (Å²) in [6.45, 7) is 0. The molecule has 4 nitrogen and oxygen atoms in total. The van der Waals surface area contributed by atoms with E-state index >= 15 is 0 Å². The summed E-state index contributed by atoms with van der Waals surface area (Å²) in [5.41, 5.74) is 5.71. The van der Waals surface area contributed by atoms with E-state index < -0.39 is 0 Å². The fourth-order valence-electron chi connectivity index (χ4n) is 1.67. The average Bonchev–Trinajstić information content (AvgIpc) is 2.82. The summed E-state index contributed by atoms with van der Waals surface area (Å²) in [6, 6.07) is -0.162. The third-order valence-electron chi connectivity index (χ3n) is 2.89. The Labute approximate surface area is 77.5 Å². The van der Waals surface area contributed by atoms with Crippen LogP contribution in [0.2, 0.25) is 0 Å². The number of aliphatic hydroxyl groups excluding tert-OH is 1.